The van der Waals surface area contributed by atoms with E-state index in [1.807, 2.05) is 0 Å². The summed E-state index contributed by atoms with van der Waals surface area (Å²) in [6, 6.07) is 15.1. The Bertz CT molecular complexity index is 656. The molecule has 0 aliphatic rings. The fraction of sp³-hybridized carbons (Fsp3) is 0.143. The molecular formula is C14H14ClNO2S. The van der Waals surface area contributed by atoms with Gasteiger partial charge < -0.3 is 5.73 Å². The van der Waals surface area contributed by atoms with Crippen LogP contribution < -0.4 is 5.73 Å². The lowest BCUT2D eigenvalue weighted by atomic mass is 10.1. The van der Waals surface area contributed by atoms with Crippen molar-refractivity contribution in [3.63, 3.8) is 0 Å². The fourth-order valence-electron chi connectivity index (χ4n) is 1.92. The molecule has 0 amide bonds. The van der Waals surface area contributed by atoms with Gasteiger partial charge in [0.05, 0.1) is 4.90 Å². The van der Waals surface area contributed by atoms with Crippen molar-refractivity contribution < 1.29 is 8.42 Å². The molecule has 2 aromatic carbocycles. The van der Waals surface area contributed by atoms with Crippen LogP contribution in [0.25, 0.3) is 0 Å². The Labute approximate surface area is 117 Å². The van der Waals surface area contributed by atoms with Crippen LogP contribution in [0.15, 0.2) is 59.5 Å². The predicted octanol–water partition coefficient (Wildman–Crippen LogP) is 2.81. The number of hydrogen-bond donors (Lipinski definition) is 1. The highest BCUT2D eigenvalue weighted by Crippen LogP contribution is 2.29. The molecule has 0 aromatic heterocycles. The summed E-state index contributed by atoms with van der Waals surface area (Å²) in [5, 5.41) is -0.284. The molecule has 0 heterocycles. The van der Waals surface area contributed by atoms with E-state index in [0.29, 0.717) is 10.6 Å². The summed E-state index contributed by atoms with van der Waals surface area (Å²) in [5.74, 6) is 0. The summed E-state index contributed by atoms with van der Waals surface area (Å²) in [4.78, 5) is 0.269. The van der Waals surface area contributed by atoms with E-state index in [0.717, 1.165) is 0 Å². The third-order valence-corrected chi connectivity index (χ3v) is 5.26. The zero-order valence-electron chi connectivity index (χ0n) is 10.2. The molecule has 0 bridgehead atoms. The Morgan fingerprint density at radius 2 is 1.74 bits per heavy atom. The van der Waals surface area contributed by atoms with Crippen molar-refractivity contribution in [2.24, 2.45) is 5.73 Å². The van der Waals surface area contributed by atoms with Gasteiger partial charge in [-0.1, -0.05) is 41.9 Å². The zero-order valence-corrected chi connectivity index (χ0v) is 11.7. The molecule has 0 spiro atoms. The largest absolute Gasteiger partial charge is 0.329 e. The van der Waals surface area contributed by atoms with E-state index in [1.54, 1.807) is 54.6 Å². The van der Waals surface area contributed by atoms with Crippen LogP contribution in [0.2, 0.25) is 5.02 Å². The highest BCUT2D eigenvalue weighted by molar-refractivity contribution is 7.91. The maximum absolute atomic E-state index is 12.6. The van der Waals surface area contributed by atoms with E-state index >= 15 is 0 Å². The van der Waals surface area contributed by atoms with E-state index in [9.17, 15) is 8.42 Å². The van der Waals surface area contributed by atoms with Crippen LogP contribution in [-0.4, -0.2) is 15.0 Å². The third kappa shape index (κ3) is 2.97. The average molecular weight is 296 g/mol. The number of nitrogens with two attached hydrogens (primary N) is 1. The van der Waals surface area contributed by atoms with E-state index in [1.165, 1.54) is 0 Å². The molecule has 100 valence electrons. The number of rotatable bonds is 4. The number of hydrogen-bond acceptors (Lipinski definition) is 3. The minimum absolute atomic E-state index is 0.0115. The highest BCUT2D eigenvalue weighted by Gasteiger charge is 2.27. The van der Waals surface area contributed by atoms with Gasteiger partial charge in [-0.05, 0) is 29.8 Å². The van der Waals surface area contributed by atoms with Crippen LogP contribution in [0.5, 0.6) is 0 Å². The summed E-state index contributed by atoms with van der Waals surface area (Å²) >= 11 is 5.91. The van der Waals surface area contributed by atoms with Crippen molar-refractivity contribution in [1.29, 1.82) is 0 Å². The van der Waals surface area contributed by atoms with Gasteiger partial charge >= 0.3 is 0 Å². The van der Waals surface area contributed by atoms with Crippen LogP contribution in [0.1, 0.15) is 10.8 Å². The monoisotopic (exact) mass is 295 g/mol. The maximum Gasteiger partial charge on any atom is 0.186 e. The molecule has 3 nitrogen and oxygen atoms in total. The smallest absolute Gasteiger partial charge is 0.186 e. The van der Waals surface area contributed by atoms with Crippen molar-refractivity contribution in [3.05, 3.63) is 65.2 Å². The standard InChI is InChI=1S/C14H14ClNO2S/c15-12-6-4-5-11(9-12)14(10-16)19(17,18)13-7-2-1-3-8-13/h1-9,14H,10,16H2/t14-/m1/s1. The summed E-state index contributed by atoms with van der Waals surface area (Å²) in [6.45, 7) is 0.0115. The summed E-state index contributed by atoms with van der Waals surface area (Å²) in [6.07, 6.45) is 0. The molecule has 2 aromatic rings. The number of sulfone groups is 1. The maximum atomic E-state index is 12.6. The SMILES string of the molecule is NC[C@H](c1cccc(Cl)c1)S(=O)(=O)c1ccccc1. The van der Waals surface area contributed by atoms with Gasteiger partial charge in [0, 0.05) is 11.6 Å². The van der Waals surface area contributed by atoms with Gasteiger partial charge in [-0.15, -0.1) is 0 Å². The highest BCUT2D eigenvalue weighted by atomic mass is 35.5. The first kappa shape index (κ1) is 14.1. The second-order valence-corrected chi connectivity index (χ2v) is 6.70. The first-order chi connectivity index (χ1) is 9.05. The lowest BCUT2D eigenvalue weighted by Crippen LogP contribution is -2.22. The minimum Gasteiger partial charge on any atom is -0.329 e. The summed E-state index contributed by atoms with van der Waals surface area (Å²) < 4.78 is 25.1. The first-order valence-corrected chi connectivity index (χ1v) is 7.72. The van der Waals surface area contributed by atoms with E-state index in [-0.39, 0.29) is 11.4 Å². The molecule has 0 fully saturated rings. The van der Waals surface area contributed by atoms with Crippen molar-refractivity contribution in [2.45, 2.75) is 10.1 Å². The van der Waals surface area contributed by atoms with E-state index in [4.69, 9.17) is 17.3 Å². The van der Waals surface area contributed by atoms with Crippen LogP contribution in [0.4, 0.5) is 0 Å². The van der Waals surface area contributed by atoms with Gasteiger partial charge in [0.25, 0.3) is 0 Å². The normalized spacial score (nSPS) is 13.2. The van der Waals surface area contributed by atoms with Gasteiger partial charge in [-0.25, -0.2) is 8.42 Å². The summed E-state index contributed by atoms with van der Waals surface area (Å²) in [5.41, 5.74) is 6.27. The van der Waals surface area contributed by atoms with E-state index in [2.05, 4.69) is 0 Å². The van der Waals surface area contributed by atoms with Crippen LogP contribution in [0.3, 0.4) is 0 Å². The van der Waals surface area contributed by atoms with Crippen molar-refractivity contribution >= 4 is 21.4 Å². The molecule has 0 saturated heterocycles. The molecule has 0 unspecified atom stereocenters. The summed E-state index contributed by atoms with van der Waals surface area (Å²) in [7, 11) is -3.50. The van der Waals surface area contributed by atoms with Gasteiger partial charge in [-0.3, -0.25) is 0 Å². The molecule has 0 aliphatic heterocycles. The van der Waals surface area contributed by atoms with Crippen LogP contribution in [-0.2, 0) is 9.84 Å². The zero-order chi connectivity index (χ0) is 13.9. The second kappa shape index (κ2) is 5.74. The Balaban J connectivity index is 2.48. The molecule has 2 N–H and O–H groups in total. The van der Waals surface area contributed by atoms with Crippen LogP contribution in [0, 0.1) is 0 Å². The molecule has 0 saturated carbocycles. The predicted molar refractivity (Wildman–Crippen MR) is 76.9 cm³/mol. The Morgan fingerprint density at radius 1 is 1.05 bits per heavy atom. The average Bonchev–Trinajstić information content (AvgIpc) is 2.40. The van der Waals surface area contributed by atoms with Gasteiger partial charge in [0.2, 0.25) is 0 Å². The lowest BCUT2D eigenvalue weighted by molar-refractivity contribution is 0.582. The quantitative estimate of drug-likeness (QED) is 0.943. The Hall–Kier alpha value is -1.36. The molecule has 2 rings (SSSR count). The van der Waals surface area contributed by atoms with Crippen molar-refractivity contribution in [2.75, 3.05) is 6.54 Å². The van der Waals surface area contributed by atoms with Crippen molar-refractivity contribution in [1.82, 2.24) is 0 Å². The Morgan fingerprint density at radius 3 is 2.32 bits per heavy atom. The molecule has 1 atom stereocenters. The molecule has 5 heteroatoms. The van der Waals surface area contributed by atoms with E-state index < -0.39 is 15.1 Å². The second-order valence-electron chi connectivity index (χ2n) is 4.14. The molecule has 19 heavy (non-hydrogen) atoms. The van der Waals surface area contributed by atoms with Crippen LogP contribution >= 0.6 is 11.6 Å². The first-order valence-electron chi connectivity index (χ1n) is 5.80. The minimum atomic E-state index is -3.50. The fourth-order valence-corrected chi connectivity index (χ4v) is 3.75. The topological polar surface area (TPSA) is 60.2 Å². The van der Waals surface area contributed by atoms with Gasteiger partial charge in [0.1, 0.15) is 5.25 Å². The van der Waals surface area contributed by atoms with Gasteiger partial charge in [0.15, 0.2) is 9.84 Å². The lowest BCUT2D eigenvalue weighted by Gasteiger charge is -2.16. The van der Waals surface area contributed by atoms with Crippen molar-refractivity contribution in [3.8, 4) is 0 Å². The molecule has 0 aliphatic carbocycles. The molecule has 0 radical (unpaired) electrons. The molecular weight excluding hydrogens is 282 g/mol. The third-order valence-electron chi connectivity index (χ3n) is 2.88. The Kier molecular flexibility index (Phi) is 4.24. The number of benzene rings is 2. The number of halogens is 1. The van der Waals surface area contributed by atoms with Gasteiger partial charge in [-0.2, -0.15) is 0 Å².